The van der Waals surface area contributed by atoms with Crippen LogP contribution in [0.5, 0.6) is 0 Å². The van der Waals surface area contributed by atoms with Crippen molar-refractivity contribution in [2.75, 3.05) is 13.2 Å². The molecule has 0 spiro atoms. The van der Waals surface area contributed by atoms with Crippen LogP contribution in [0.3, 0.4) is 0 Å². The van der Waals surface area contributed by atoms with Gasteiger partial charge in [-0.05, 0) is 60.9 Å². The summed E-state index contributed by atoms with van der Waals surface area (Å²) in [6, 6.07) is 6.51. The molecule has 8 heteroatoms. The number of carbonyl (C=O) groups excluding carboxylic acids is 1. The van der Waals surface area contributed by atoms with Gasteiger partial charge in [0.15, 0.2) is 0 Å². The topological polar surface area (TPSA) is 85.6 Å². The van der Waals surface area contributed by atoms with Gasteiger partial charge < -0.3 is 9.15 Å². The molecule has 0 saturated carbocycles. The van der Waals surface area contributed by atoms with Gasteiger partial charge in [0.1, 0.15) is 5.58 Å². The van der Waals surface area contributed by atoms with Crippen molar-refractivity contribution >= 4 is 38.3 Å². The van der Waals surface area contributed by atoms with Crippen molar-refractivity contribution in [3.05, 3.63) is 51.9 Å². The molecule has 138 valence electrons. The van der Waals surface area contributed by atoms with Gasteiger partial charge in [-0.15, -0.1) is 0 Å². The van der Waals surface area contributed by atoms with E-state index in [2.05, 4.69) is 4.72 Å². The Morgan fingerprint density at radius 3 is 2.81 bits per heavy atom. The molecule has 0 aliphatic rings. The van der Waals surface area contributed by atoms with Crippen LogP contribution in [0.25, 0.3) is 11.0 Å². The number of rotatable bonds is 7. The first-order valence-electron chi connectivity index (χ1n) is 8.13. The largest absolute Gasteiger partial charge is 0.460 e. The van der Waals surface area contributed by atoms with Crippen molar-refractivity contribution in [2.24, 2.45) is 0 Å². The molecule has 0 fully saturated rings. The Morgan fingerprint density at radius 1 is 1.31 bits per heavy atom. The maximum atomic E-state index is 12.5. The summed E-state index contributed by atoms with van der Waals surface area (Å²) in [6.45, 7) is 3.97. The smallest absolute Gasteiger partial charge is 0.374 e. The van der Waals surface area contributed by atoms with Crippen LogP contribution in [0.2, 0.25) is 0 Å². The number of furan rings is 1. The van der Waals surface area contributed by atoms with Gasteiger partial charge in [-0.1, -0.05) is 0 Å². The van der Waals surface area contributed by atoms with Crippen molar-refractivity contribution in [3.63, 3.8) is 0 Å². The van der Waals surface area contributed by atoms with Crippen LogP contribution < -0.4 is 4.72 Å². The summed E-state index contributed by atoms with van der Waals surface area (Å²) in [5, 5.41) is 4.53. The number of hydrogen-bond donors (Lipinski definition) is 1. The highest BCUT2D eigenvalue weighted by Crippen LogP contribution is 2.28. The van der Waals surface area contributed by atoms with Crippen LogP contribution in [0.4, 0.5) is 0 Å². The van der Waals surface area contributed by atoms with Gasteiger partial charge in [0.25, 0.3) is 0 Å². The summed E-state index contributed by atoms with van der Waals surface area (Å²) in [5.41, 5.74) is 2.11. The standard InChI is InChI=1S/C18H19NO5S2/c1-3-23-18(20)17-12(2)15-10-14(4-5-16(15)24-17)26(21,22)19-8-6-13-7-9-25-11-13/h4-5,7,9-11,19H,3,6,8H2,1-2H3. The van der Waals surface area contributed by atoms with Gasteiger partial charge in [-0.3, -0.25) is 0 Å². The quantitative estimate of drug-likeness (QED) is 0.621. The number of esters is 1. The molecule has 1 aromatic carbocycles. The number of ether oxygens (including phenoxy) is 1. The Labute approximate surface area is 155 Å². The molecule has 26 heavy (non-hydrogen) atoms. The lowest BCUT2D eigenvalue weighted by Crippen LogP contribution is -2.25. The average molecular weight is 393 g/mol. The number of carbonyl (C=O) groups is 1. The predicted octanol–water partition coefficient (Wildman–Crippen LogP) is 3.50. The lowest BCUT2D eigenvalue weighted by atomic mass is 10.1. The number of aryl methyl sites for hydroxylation is 1. The molecule has 0 aliphatic heterocycles. The minimum Gasteiger partial charge on any atom is -0.460 e. The molecule has 2 heterocycles. The summed E-state index contributed by atoms with van der Waals surface area (Å²) < 4.78 is 38.1. The van der Waals surface area contributed by atoms with E-state index in [0.29, 0.717) is 29.5 Å². The molecule has 1 N–H and O–H groups in total. The molecule has 0 atom stereocenters. The molecular formula is C18H19NO5S2. The van der Waals surface area contributed by atoms with Gasteiger partial charge in [-0.25, -0.2) is 17.9 Å². The Kier molecular flexibility index (Phi) is 5.45. The lowest BCUT2D eigenvalue weighted by molar-refractivity contribution is 0.0491. The number of benzene rings is 1. The summed E-state index contributed by atoms with van der Waals surface area (Å²) in [5.74, 6) is -0.457. The fraction of sp³-hybridized carbons (Fsp3) is 0.278. The lowest BCUT2D eigenvalue weighted by Gasteiger charge is -2.06. The minimum atomic E-state index is -3.65. The van der Waals surface area contributed by atoms with E-state index in [1.54, 1.807) is 31.3 Å². The average Bonchev–Trinajstić information content (AvgIpc) is 3.23. The molecular weight excluding hydrogens is 374 g/mol. The van der Waals surface area contributed by atoms with Gasteiger partial charge in [0.2, 0.25) is 15.8 Å². The highest BCUT2D eigenvalue weighted by Gasteiger charge is 2.21. The van der Waals surface area contributed by atoms with E-state index in [4.69, 9.17) is 9.15 Å². The van der Waals surface area contributed by atoms with E-state index < -0.39 is 16.0 Å². The molecule has 0 saturated heterocycles. The Balaban J connectivity index is 1.83. The molecule has 0 radical (unpaired) electrons. The summed E-state index contributed by atoms with van der Waals surface area (Å²) in [4.78, 5) is 12.1. The molecule has 0 aliphatic carbocycles. The molecule has 0 amide bonds. The van der Waals surface area contributed by atoms with Crippen LogP contribution in [0, 0.1) is 6.92 Å². The van der Waals surface area contributed by atoms with E-state index in [1.807, 2.05) is 16.8 Å². The van der Waals surface area contributed by atoms with Gasteiger partial charge in [0.05, 0.1) is 11.5 Å². The monoisotopic (exact) mass is 393 g/mol. The number of fused-ring (bicyclic) bond motifs is 1. The molecule has 0 unspecified atom stereocenters. The molecule has 2 aromatic heterocycles. The second-order valence-corrected chi connectivity index (χ2v) is 8.26. The first-order chi connectivity index (χ1) is 12.4. The Morgan fingerprint density at radius 2 is 2.12 bits per heavy atom. The SMILES string of the molecule is CCOC(=O)c1oc2ccc(S(=O)(=O)NCCc3ccsc3)cc2c1C. The van der Waals surface area contributed by atoms with Gasteiger partial charge in [-0.2, -0.15) is 11.3 Å². The number of sulfonamides is 1. The van der Waals surface area contributed by atoms with Crippen LogP contribution >= 0.6 is 11.3 Å². The fourth-order valence-electron chi connectivity index (χ4n) is 2.61. The highest BCUT2D eigenvalue weighted by atomic mass is 32.2. The van der Waals surface area contributed by atoms with Crippen molar-refractivity contribution in [1.29, 1.82) is 0 Å². The zero-order chi connectivity index (χ0) is 18.7. The zero-order valence-corrected chi connectivity index (χ0v) is 16.1. The van der Waals surface area contributed by atoms with Crippen molar-refractivity contribution in [1.82, 2.24) is 4.72 Å². The van der Waals surface area contributed by atoms with Crippen LogP contribution in [-0.4, -0.2) is 27.5 Å². The molecule has 6 nitrogen and oxygen atoms in total. The summed E-state index contributed by atoms with van der Waals surface area (Å²) in [7, 11) is -3.65. The third-order valence-corrected chi connectivity index (χ3v) is 6.16. The van der Waals surface area contributed by atoms with E-state index >= 15 is 0 Å². The van der Waals surface area contributed by atoms with Crippen molar-refractivity contribution < 1.29 is 22.4 Å². The van der Waals surface area contributed by atoms with E-state index in [-0.39, 0.29) is 17.3 Å². The Hall–Kier alpha value is -2.16. The molecule has 3 rings (SSSR count). The fourth-order valence-corrected chi connectivity index (χ4v) is 4.37. The van der Waals surface area contributed by atoms with Crippen LogP contribution in [0.1, 0.15) is 28.6 Å². The van der Waals surface area contributed by atoms with Crippen LogP contribution in [-0.2, 0) is 21.2 Å². The third-order valence-electron chi connectivity index (χ3n) is 3.96. The van der Waals surface area contributed by atoms with Crippen molar-refractivity contribution in [3.8, 4) is 0 Å². The van der Waals surface area contributed by atoms with E-state index in [0.717, 1.165) is 5.56 Å². The number of thiophene rings is 1. The van der Waals surface area contributed by atoms with Gasteiger partial charge in [0, 0.05) is 17.5 Å². The zero-order valence-electron chi connectivity index (χ0n) is 14.4. The molecule has 0 bridgehead atoms. The van der Waals surface area contributed by atoms with Crippen LogP contribution in [0.15, 0.2) is 44.3 Å². The van der Waals surface area contributed by atoms with E-state index in [9.17, 15) is 13.2 Å². The Bertz CT molecular complexity index is 1020. The maximum absolute atomic E-state index is 12.5. The number of nitrogens with one attached hydrogen (secondary N) is 1. The minimum absolute atomic E-state index is 0.0989. The van der Waals surface area contributed by atoms with E-state index in [1.165, 1.54) is 12.1 Å². The summed E-state index contributed by atoms with van der Waals surface area (Å²) in [6.07, 6.45) is 0.628. The van der Waals surface area contributed by atoms with Crippen molar-refractivity contribution in [2.45, 2.75) is 25.2 Å². The first-order valence-corrected chi connectivity index (χ1v) is 10.6. The summed E-state index contributed by atoms with van der Waals surface area (Å²) >= 11 is 1.58. The maximum Gasteiger partial charge on any atom is 0.374 e. The predicted molar refractivity (Wildman–Crippen MR) is 100 cm³/mol. The second kappa shape index (κ2) is 7.61. The molecule has 3 aromatic rings. The third kappa shape index (κ3) is 3.82. The highest BCUT2D eigenvalue weighted by molar-refractivity contribution is 7.89. The first kappa shape index (κ1) is 18.6. The second-order valence-electron chi connectivity index (χ2n) is 5.71. The normalized spacial score (nSPS) is 11.8. The number of hydrogen-bond acceptors (Lipinski definition) is 6. The van der Waals surface area contributed by atoms with Gasteiger partial charge >= 0.3 is 5.97 Å².